The topological polar surface area (TPSA) is 40.5 Å². The van der Waals surface area contributed by atoms with Crippen LogP contribution < -0.4 is 0 Å². The van der Waals surface area contributed by atoms with Gasteiger partial charge in [0.1, 0.15) is 11.5 Å². The van der Waals surface area contributed by atoms with Gasteiger partial charge in [0.25, 0.3) is 0 Å². The van der Waals surface area contributed by atoms with E-state index in [2.05, 4.69) is 0 Å². The smallest absolute Gasteiger partial charge is 0.126 e. The first kappa shape index (κ1) is 11.6. The molecule has 0 aromatic heterocycles. The normalized spacial score (nSPS) is 10.8. The highest BCUT2D eigenvalue weighted by atomic mass is 16.3. The van der Waals surface area contributed by atoms with E-state index in [1.54, 1.807) is 13.0 Å². The molecule has 0 atom stereocenters. The highest BCUT2D eigenvalue weighted by Crippen LogP contribution is 2.37. The summed E-state index contributed by atoms with van der Waals surface area (Å²) in [6.07, 6.45) is 0. The standard InChI is InChI=1S/C17H14O2/c1-11-9-16(18)15-10-13(7-8-14(15)17(11)19)12-5-3-2-4-6-12/h2-10,18-19H,1H3. The average molecular weight is 250 g/mol. The maximum absolute atomic E-state index is 10.0. The van der Waals surface area contributed by atoms with Crippen molar-refractivity contribution in [2.24, 2.45) is 0 Å². The summed E-state index contributed by atoms with van der Waals surface area (Å²) in [5, 5.41) is 21.4. The van der Waals surface area contributed by atoms with E-state index in [1.165, 1.54) is 0 Å². The van der Waals surface area contributed by atoms with Gasteiger partial charge in [-0.05, 0) is 41.8 Å². The van der Waals surface area contributed by atoms with Gasteiger partial charge in [0.15, 0.2) is 0 Å². The van der Waals surface area contributed by atoms with Crippen molar-refractivity contribution in [2.75, 3.05) is 0 Å². The molecule has 0 aliphatic heterocycles. The Balaban J connectivity index is 2.28. The summed E-state index contributed by atoms with van der Waals surface area (Å²) in [6.45, 7) is 1.78. The van der Waals surface area contributed by atoms with Crippen molar-refractivity contribution < 1.29 is 10.2 Å². The molecule has 94 valence electrons. The van der Waals surface area contributed by atoms with Crippen LogP contribution in [0.25, 0.3) is 21.9 Å². The van der Waals surface area contributed by atoms with Crippen LogP contribution in [-0.4, -0.2) is 10.2 Å². The number of aryl methyl sites for hydroxylation is 1. The van der Waals surface area contributed by atoms with Gasteiger partial charge in [0, 0.05) is 10.8 Å². The zero-order chi connectivity index (χ0) is 13.4. The molecule has 0 aliphatic rings. The Morgan fingerprint density at radius 1 is 0.737 bits per heavy atom. The first-order valence-corrected chi connectivity index (χ1v) is 6.17. The zero-order valence-corrected chi connectivity index (χ0v) is 10.6. The minimum absolute atomic E-state index is 0.197. The van der Waals surface area contributed by atoms with Gasteiger partial charge in [-0.2, -0.15) is 0 Å². The third kappa shape index (κ3) is 1.91. The van der Waals surface area contributed by atoms with E-state index in [1.807, 2.05) is 48.5 Å². The molecular weight excluding hydrogens is 236 g/mol. The highest BCUT2D eigenvalue weighted by molar-refractivity contribution is 5.96. The van der Waals surface area contributed by atoms with Crippen LogP contribution in [0.5, 0.6) is 11.5 Å². The number of rotatable bonds is 1. The van der Waals surface area contributed by atoms with Crippen LogP contribution in [0.15, 0.2) is 54.6 Å². The van der Waals surface area contributed by atoms with Crippen molar-refractivity contribution in [1.29, 1.82) is 0 Å². The summed E-state index contributed by atoms with van der Waals surface area (Å²) in [5.41, 5.74) is 2.79. The van der Waals surface area contributed by atoms with Crippen LogP contribution >= 0.6 is 0 Å². The van der Waals surface area contributed by atoms with Gasteiger partial charge >= 0.3 is 0 Å². The summed E-state index contributed by atoms with van der Waals surface area (Å²) in [7, 11) is 0. The number of phenolic OH excluding ortho intramolecular Hbond substituents is 2. The minimum atomic E-state index is 0.197. The van der Waals surface area contributed by atoms with E-state index in [0.29, 0.717) is 16.3 Å². The lowest BCUT2D eigenvalue weighted by atomic mass is 9.99. The Morgan fingerprint density at radius 3 is 2.21 bits per heavy atom. The van der Waals surface area contributed by atoms with E-state index < -0.39 is 0 Å². The molecule has 2 N–H and O–H groups in total. The number of aromatic hydroxyl groups is 2. The Bertz CT molecular complexity index is 746. The van der Waals surface area contributed by atoms with Crippen molar-refractivity contribution in [2.45, 2.75) is 6.92 Å². The van der Waals surface area contributed by atoms with Crippen molar-refractivity contribution in [3.8, 4) is 22.6 Å². The van der Waals surface area contributed by atoms with Crippen LogP contribution in [0.2, 0.25) is 0 Å². The quantitative estimate of drug-likeness (QED) is 0.634. The molecule has 0 amide bonds. The number of phenols is 2. The SMILES string of the molecule is Cc1cc(O)c2cc(-c3ccccc3)ccc2c1O. The summed E-state index contributed by atoms with van der Waals surface area (Å²) in [5.74, 6) is 0.426. The molecule has 0 aliphatic carbocycles. The highest BCUT2D eigenvalue weighted by Gasteiger charge is 2.09. The van der Waals surface area contributed by atoms with E-state index in [4.69, 9.17) is 0 Å². The van der Waals surface area contributed by atoms with E-state index >= 15 is 0 Å². The molecule has 3 rings (SSSR count). The van der Waals surface area contributed by atoms with Crippen LogP contribution in [0.3, 0.4) is 0 Å². The fourth-order valence-corrected chi connectivity index (χ4v) is 2.34. The van der Waals surface area contributed by atoms with Crippen LogP contribution in [0.1, 0.15) is 5.56 Å². The molecule has 0 saturated carbocycles. The van der Waals surface area contributed by atoms with Crippen LogP contribution in [0, 0.1) is 6.92 Å². The molecule has 0 spiro atoms. The fourth-order valence-electron chi connectivity index (χ4n) is 2.34. The molecule has 19 heavy (non-hydrogen) atoms. The average Bonchev–Trinajstić information content (AvgIpc) is 2.45. The van der Waals surface area contributed by atoms with Crippen molar-refractivity contribution in [1.82, 2.24) is 0 Å². The summed E-state index contributed by atoms with van der Waals surface area (Å²) in [4.78, 5) is 0. The van der Waals surface area contributed by atoms with Gasteiger partial charge in [-0.15, -0.1) is 0 Å². The molecule has 3 aromatic rings. The minimum Gasteiger partial charge on any atom is -0.507 e. The third-order valence-electron chi connectivity index (χ3n) is 3.38. The molecule has 0 fully saturated rings. The Labute approximate surface area is 111 Å². The predicted molar refractivity (Wildman–Crippen MR) is 77.5 cm³/mol. The van der Waals surface area contributed by atoms with Gasteiger partial charge in [-0.1, -0.05) is 36.4 Å². The predicted octanol–water partition coefficient (Wildman–Crippen LogP) is 4.23. The van der Waals surface area contributed by atoms with Crippen LogP contribution in [0.4, 0.5) is 0 Å². The van der Waals surface area contributed by atoms with Crippen LogP contribution in [-0.2, 0) is 0 Å². The van der Waals surface area contributed by atoms with Gasteiger partial charge in [0.05, 0.1) is 0 Å². The zero-order valence-electron chi connectivity index (χ0n) is 10.6. The Morgan fingerprint density at radius 2 is 1.47 bits per heavy atom. The maximum atomic E-state index is 10.0. The number of fused-ring (bicyclic) bond motifs is 1. The molecule has 0 heterocycles. The summed E-state index contributed by atoms with van der Waals surface area (Å²) in [6, 6.07) is 17.3. The van der Waals surface area contributed by atoms with Gasteiger partial charge in [0.2, 0.25) is 0 Å². The first-order valence-electron chi connectivity index (χ1n) is 6.17. The van der Waals surface area contributed by atoms with E-state index in [0.717, 1.165) is 11.1 Å². The summed E-state index contributed by atoms with van der Waals surface area (Å²) >= 11 is 0. The fraction of sp³-hybridized carbons (Fsp3) is 0.0588. The molecule has 3 aromatic carbocycles. The first-order chi connectivity index (χ1) is 9.16. The third-order valence-corrected chi connectivity index (χ3v) is 3.38. The molecule has 2 heteroatoms. The molecule has 0 bridgehead atoms. The molecule has 0 radical (unpaired) electrons. The second-order valence-corrected chi connectivity index (χ2v) is 4.69. The molecule has 0 unspecified atom stereocenters. The lowest BCUT2D eigenvalue weighted by Crippen LogP contribution is -1.83. The second-order valence-electron chi connectivity index (χ2n) is 4.69. The van der Waals surface area contributed by atoms with E-state index in [-0.39, 0.29) is 11.5 Å². The Kier molecular flexibility index (Phi) is 2.64. The number of benzene rings is 3. The largest absolute Gasteiger partial charge is 0.507 e. The van der Waals surface area contributed by atoms with E-state index in [9.17, 15) is 10.2 Å². The Hall–Kier alpha value is -2.48. The van der Waals surface area contributed by atoms with Gasteiger partial charge < -0.3 is 10.2 Å². The monoisotopic (exact) mass is 250 g/mol. The lowest BCUT2D eigenvalue weighted by molar-refractivity contribution is 0.466. The van der Waals surface area contributed by atoms with Gasteiger partial charge in [-0.3, -0.25) is 0 Å². The summed E-state index contributed by atoms with van der Waals surface area (Å²) < 4.78 is 0. The maximum Gasteiger partial charge on any atom is 0.126 e. The van der Waals surface area contributed by atoms with Crippen molar-refractivity contribution >= 4 is 10.8 Å². The molecular formula is C17H14O2. The van der Waals surface area contributed by atoms with Crippen molar-refractivity contribution in [3.63, 3.8) is 0 Å². The molecule has 2 nitrogen and oxygen atoms in total. The van der Waals surface area contributed by atoms with Crippen molar-refractivity contribution in [3.05, 3.63) is 60.2 Å². The van der Waals surface area contributed by atoms with Gasteiger partial charge in [-0.25, -0.2) is 0 Å². The molecule has 0 saturated heterocycles. The number of hydrogen-bond acceptors (Lipinski definition) is 2. The number of hydrogen-bond donors (Lipinski definition) is 2. The lowest BCUT2D eigenvalue weighted by Gasteiger charge is -2.09. The second kappa shape index (κ2) is 4.32.